The van der Waals surface area contributed by atoms with Crippen molar-refractivity contribution < 1.29 is 18.7 Å². The summed E-state index contributed by atoms with van der Waals surface area (Å²) in [5.74, 6) is -1.57. The molecule has 0 aliphatic carbocycles. The zero-order valence-corrected chi connectivity index (χ0v) is 9.11. The first-order valence-corrected chi connectivity index (χ1v) is 5.10. The van der Waals surface area contributed by atoms with Crippen LogP contribution in [0.3, 0.4) is 0 Å². The van der Waals surface area contributed by atoms with Gasteiger partial charge >= 0.3 is 11.9 Å². The van der Waals surface area contributed by atoms with Crippen LogP contribution in [-0.2, 0) is 6.42 Å². The smallest absolute Gasteiger partial charge is 0.392 e. The van der Waals surface area contributed by atoms with Crippen molar-refractivity contribution in [1.29, 1.82) is 0 Å². The first-order valence-electron chi connectivity index (χ1n) is 5.10. The Kier molecular flexibility index (Phi) is 2.91. The maximum Gasteiger partial charge on any atom is 0.392 e. The Hall–Kier alpha value is -2.17. The Bertz CT molecular complexity index is 563. The molecule has 0 saturated heterocycles. The Morgan fingerprint density at radius 3 is 2.88 bits per heavy atom. The number of aromatic nitrogens is 1. The van der Waals surface area contributed by atoms with E-state index in [1.807, 2.05) is 6.92 Å². The van der Waals surface area contributed by atoms with Gasteiger partial charge in [0.15, 0.2) is 0 Å². The first-order chi connectivity index (χ1) is 8.11. The Labute approximate surface area is 96.7 Å². The van der Waals surface area contributed by atoms with Crippen molar-refractivity contribution in [2.24, 2.45) is 0 Å². The number of hydrogen-bond donors (Lipinski definition) is 1. The van der Waals surface area contributed by atoms with Crippen molar-refractivity contribution in [2.45, 2.75) is 13.3 Å². The van der Waals surface area contributed by atoms with E-state index in [0.29, 0.717) is 23.4 Å². The van der Waals surface area contributed by atoms with Gasteiger partial charge in [-0.15, -0.1) is 0 Å². The third-order valence-electron chi connectivity index (χ3n) is 2.30. The van der Waals surface area contributed by atoms with Gasteiger partial charge in [-0.2, -0.15) is 0 Å². The summed E-state index contributed by atoms with van der Waals surface area (Å²) in [4.78, 5) is 14.6. The molecule has 1 aromatic carbocycles. The number of carboxylic acid groups (broad SMARTS) is 1. The van der Waals surface area contributed by atoms with Crippen LogP contribution in [0.1, 0.15) is 23.4 Å². The van der Waals surface area contributed by atoms with E-state index in [2.05, 4.69) is 4.98 Å². The molecule has 0 aliphatic heterocycles. The fourth-order valence-electron chi connectivity index (χ4n) is 1.54. The third kappa shape index (κ3) is 2.18. The highest BCUT2D eigenvalue weighted by Crippen LogP contribution is 2.25. The molecule has 4 nitrogen and oxygen atoms in total. The number of carboxylic acids is 1. The summed E-state index contributed by atoms with van der Waals surface area (Å²) < 4.78 is 18.2. The monoisotopic (exact) mass is 235 g/mol. The summed E-state index contributed by atoms with van der Waals surface area (Å²) in [6, 6.07) is 5.81. The molecule has 0 unspecified atom stereocenters. The van der Waals surface area contributed by atoms with Crippen LogP contribution in [0, 0.1) is 5.82 Å². The van der Waals surface area contributed by atoms with Crippen LogP contribution >= 0.6 is 0 Å². The fraction of sp³-hybridized carbons (Fsp3) is 0.167. The van der Waals surface area contributed by atoms with Crippen molar-refractivity contribution in [3.8, 4) is 11.3 Å². The number of aromatic carboxylic acids is 1. The number of halogens is 1. The summed E-state index contributed by atoms with van der Waals surface area (Å²) in [6.07, 6.45) is 0.492. The summed E-state index contributed by atoms with van der Waals surface area (Å²) >= 11 is 0. The molecule has 0 aliphatic rings. The first kappa shape index (κ1) is 11.3. The van der Waals surface area contributed by atoms with Crippen molar-refractivity contribution in [2.75, 3.05) is 0 Å². The highest BCUT2D eigenvalue weighted by Gasteiger charge is 2.18. The molecule has 0 radical (unpaired) electrons. The standard InChI is InChI=1S/C12H10FNO3/c1-2-9-10(14-11(17-9)12(15)16)7-4-3-5-8(13)6-7/h3-6H,2H2,1H3,(H,15,16). The highest BCUT2D eigenvalue weighted by atomic mass is 19.1. The van der Waals surface area contributed by atoms with E-state index in [1.165, 1.54) is 12.1 Å². The molecule has 2 aromatic rings. The Balaban J connectivity index is 2.54. The molecular formula is C12H10FNO3. The van der Waals surface area contributed by atoms with Crippen LogP contribution in [0.25, 0.3) is 11.3 Å². The molecule has 0 bridgehead atoms. The second-order valence-electron chi connectivity index (χ2n) is 3.46. The van der Waals surface area contributed by atoms with Crippen LogP contribution in [0.15, 0.2) is 28.7 Å². The van der Waals surface area contributed by atoms with E-state index in [9.17, 15) is 9.18 Å². The Morgan fingerprint density at radius 1 is 1.53 bits per heavy atom. The minimum absolute atomic E-state index is 0.374. The molecule has 1 heterocycles. The molecule has 0 amide bonds. The predicted molar refractivity (Wildman–Crippen MR) is 58.2 cm³/mol. The van der Waals surface area contributed by atoms with Crippen molar-refractivity contribution >= 4 is 5.97 Å². The second-order valence-corrected chi connectivity index (χ2v) is 3.46. The fourth-order valence-corrected chi connectivity index (χ4v) is 1.54. The summed E-state index contributed by atoms with van der Waals surface area (Å²) in [5.41, 5.74) is 0.891. The molecule has 88 valence electrons. The SMILES string of the molecule is CCc1oc(C(=O)O)nc1-c1cccc(F)c1. The highest BCUT2D eigenvalue weighted by molar-refractivity contribution is 5.83. The van der Waals surface area contributed by atoms with E-state index in [-0.39, 0.29) is 5.89 Å². The van der Waals surface area contributed by atoms with Gasteiger partial charge < -0.3 is 9.52 Å². The number of carbonyl (C=O) groups is 1. The van der Waals surface area contributed by atoms with Crippen molar-refractivity contribution in [3.63, 3.8) is 0 Å². The molecule has 1 N–H and O–H groups in total. The Morgan fingerprint density at radius 2 is 2.29 bits per heavy atom. The maximum atomic E-state index is 13.1. The average Bonchev–Trinajstić information content (AvgIpc) is 2.73. The summed E-state index contributed by atoms with van der Waals surface area (Å²) in [7, 11) is 0. The quantitative estimate of drug-likeness (QED) is 0.888. The zero-order chi connectivity index (χ0) is 12.4. The lowest BCUT2D eigenvalue weighted by atomic mass is 10.1. The van der Waals surface area contributed by atoms with E-state index in [1.54, 1.807) is 12.1 Å². The van der Waals surface area contributed by atoms with Gasteiger partial charge in [0.25, 0.3) is 0 Å². The van der Waals surface area contributed by atoms with Gasteiger partial charge in [0.05, 0.1) is 0 Å². The number of oxazole rings is 1. The minimum atomic E-state index is -1.23. The predicted octanol–water partition coefficient (Wildman–Crippen LogP) is 2.74. The van der Waals surface area contributed by atoms with Crippen LogP contribution < -0.4 is 0 Å². The van der Waals surface area contributed by atoms with Crippen LogP contribution in [0.4, 0.5) is 4.39 Å². The molecule has 5 heteroatoms. The number of benzene rings is 1. The molecule has 0 saturated carbocycles. The van der Waals surface area contributed by atoms with Gasteiger partial charge in [-0.1, -0.05) is 19.1 Å². The van der Waals surface area contributed by atoms with Crippen LogP contribution in [0.2, 0.25) is 0 Å². The lowest BCUT2D eigenvalue weighted by molar-refractivity contribution is 0.0652. The van der Waals surface area contributed by atoms with Gasteiger partial charge in [0, 0.05) is 12.0 Å². The number of nitrogens with zero attached hydrogens (tertiary/aromatic N) is 1. The number of rotatable bonds is 3. The second kappa shape index (κ2) is 4.37. The lowest BCUT2D eigenvalue weighted by Gasteiger charge is -1.98. The zero-order valence-electron chi connectivity index (χ0n) is 9.11. The molecule has 0 atom stereocenters. The average molecular weight is 235 g/mol. The van der Waals surface area contributed by atoms with Gasteiger partial charge in [-0.25, -0.2) is 14.2 Å². The van der Waals surface area contributed by atoms with Crippen LogP contribution in [-0.4, -0.2) is 16.1 Å². The molecule has 0 spiro atoms. The molecular weight excluding hydrogens is 225 g/mol. The summed E-state index contributed by atoms with van der Waals surface area (Å²) in [6.45, 7) is 1.81. The number of hydrogen-bond acceptors (Lipinski definition) is 3. The number of aryl methyl sites for hydroxylation is 1. The van der Waals surface area contributed by atoms with E-state index in [0.717, 1.165) is 0 Å². The van der Waals surface area contributed by atoms with E-state index in [4.69, 9.17) is 9.52 Å². The van der Waals surface area contributed by atoms with Gasteiger partial charge in [0.2, 0.25) is 0 Å². The molecule has 17 heavy (non-hydrogen) atoms. The normalized spacial score (nSPS) is 10.5. The maximum absolute atomic E-state index is 13.1. The van der Waals surface area contributed by atoms with E-state index < -0.39 is 11.8 Å². The van der Waals surface area contributed by atoms with Gasteiger partial charge in [-0.05, 0) is 12.1 Å². The lowest BCUT2D eigenvalue weighted by Crippen LogP contribution is -1.95. The van der Waals surface area contributed by atoms with Gasteiger partial charge in [0.1, 0.15) is 17.3 Å². The molecule has 2 rings (SSSR count). The van der Waals surface area contributed by atoms with E-state index >= 15 is 0 Å². The summed E-state index contributed by atoms with van der Waals surface area (Å²) in [5, 5.41) is 8.79. The molecule has 0 fully saturated rings. The topological polar surface area (TPSA) is 63.3 Å². The largest absolute Gasteiger partial charge is 0.474 e. The third-order valence-corrected chi connectivity index (χ3v) is 2.30. The van der Waals surface area contributed by atoms with Gasteiger partial charge in [-0.3, -0.25) is 0 Å². The van der Waals surface area contributed by atoms with Crippen molar-refractivity contribution in [1.82, 2.24) is 4.98 Å². The van der Waals surface area contributed by atoms with Crippen LogP contribution in [0.5, 0.6) is 0 Å². The van der Waals surface area contributed by atoms with Crippen molar-refractivity contribution in [3.05, 3.63) is 41.7 Å². The molecule has 1 aromatic heterocycles. The minimum Gasteiger partial charge on any atom is -0.474 e.